The summed E-state index contributed by atoms with van der Waals surface area (Å²) in [5.74, 6) is 0.939. The van der Waals surface area contributed by atoms with E-state index < -0.39 is 0 Å². The van der Waals surface area contributed by atoms with Crippen LogP contribution in [0.3, 0.4) is 0 Å². The van der Waals surface area contributed by atoms with Crippen LogP contribution in [0.15, 0.2) is 70.9 Å². The van der Waals surface area contributed by atoms with Crippen LogP contribution < -0.4 is 5.32 Å². The molecule has 1 saturated carbocycles. The van der Waals surface area contributed by atoms with Crippen LogP contribution >= 0.6 is 11.3 Å². The Morgan fingerprint density at radius 2 is 1.95 bits per heavy atom. The van der Waals surface area contributed by atoms with E-state index in [0.717, 1.165) is 51.5 Å². The maximum Gasteiger partial charge on any atom is 0.251 e. The highest BCUT2D eigenvalue weighted by Gasteiger charge is 2.24. The summed E-state index contributed by atoms with van der Waals surface area (Å²) in [7, 11) is 0. The molecule has 5 aromatic rings. The summed E-state index contributed by atoms with van der Waals surface area (Å²) in [6.07, 6.45) is 9.94. The number of carbonyl (C=O) groups excluding carboxylic acids is 1. The first-order valence-electron chi connectivity index (χ1n) is 13.1. The van der Waals surface area contributed by atoms with Crippen molar-refractivity contribution in [2.45, 2.75) is 57.5 Å². The average Bonchev–Trinajstić information content (AvgIpc) is 3.69. The molecule has 8 heteroatoms. The zero-order valence-electron chi connectivity index (χ0n) is 21.3. The molecule has 1 aliphatic carbocycles. The molecule has 0 saturated heterocycles. The highest BCUT2D eigenvalue weighted by Crippen LogP contribution is 2.36. The van der Waals surface area contributed by atoms with E-state index in [0.29, 0.717) is 18.0 Å². The van der Waals surface area contributed by atoms with Gasteiger partial charge in [-0.1, -0.05) is 31.4 Å². The number of hydrogen-bond donors (Lipinski definition) is 2. The maximum atomic E-state index is 13.5. The predicted octanol–water partition coefficient (Wildman–Crippen LogP) is 6.99. The van der Waals surface area contributed by atoms with Gasteiger partial charge >= 0.3 is 0 Å². The largest absolute Gasteiger partial charge is 0.508 e. The number of imidazole rings is 1. The molecule has 0 spiro atoms. The summed E-state index contributed by atoms with van der Waals surface area (Å²) < 4.78 is 7.72. The Labute approximate surface area is 225 Å². The molecule has 2 aromatic carbocycles. The summed E-state index contributed by atoms with van der Waals surface area (Å²) >= 11 is 1.56. The molecular formula is C30H30N4O3S. The molecule has 1 fully saturated rings. The molecule has 3 aromatic heterocycles. The van der Waals surface area contributed by atoms with Gasteiger partial charge in [0.1, 0.15) is 17.8 Å². The van der Waals surface area contributed by atoms with Gasteiger partial charge in [-0.2, -0.15) is 0 Å². The van der Waals surface area contributed by atoms with Crippen molar-refractivity contribution < 1.29 is 14.3 Å². The first-order chi connectivity index (χ1) is 18.5. The molecule has 1 aliphatic rings. The first-order valence-corrected chi connectivity index (χ1v) is 14.0. The van der Waals surface area contributed by atoms with E-state index in [1.165, 1.54) is 19.3 Å². The summed E-state index contributed by atoms with van der Waals surface area (Å²) in [6.45, 7) is 1.96. The third-order valence-corrected chi connectivity index (χ3v) is 8.14. The second-order valence-corrected chi connectivity index (χ2v) is 11.1. The van der Waals surface area contributed by atoms with Crippen LogP contribution in [0.5, 0.6) is 5.75 Å². The second kappa shape index (κ2) is 10.5. The van der Waals surface area contributed by atoms with Gasteiger partial charge in [0, 0.05) is 17.0 Å². The number of furan rings is 1. The van der Waals surface area contributed by atoms with Crippen molar-refractivity contribution in [3.63, 3.8) is 0 Å². The Morgan fingerprint density at radius 3 is 2.66 bits per heavy atom. The van der Waals surface area contributed by atoms with E-state index in [1.807, 2.05) is 48.7 Å². The minimum Gasteiger partial charge on any atom is -0.508 e. The highest BCUT2D eigenvalue weighted by atomic mass is 32.1. The lowest BCUT2D eigenvalue weighted by molar-refractivity contribution is 0.0936. The predicted molar refractivity (Wildman–Crippen MR) is 148 cm³/mol. The highest BCUT2D eigenvalue weighted by molar-refractivity contribution is 7.09. The topological polar surface area (TPSA) is 93.2 Å². The van der Waals surface area contributed by atoms with Gasteiger partial charge in [-0.05, 0) is 68.1 Å². The lowest BCUT2D eigenvalue weighted by atomic mass is 9.95. The summed E-state index contributed by atoms with van der Waals surface area (Å²) in [5.41, 5.74) is 5.20. The van der Waals surface area contributed by atoms with E-state index in [2.05, 4.69) is 14.9 Å². The second-order valence-electron chi connectivity index (χ2n) is 10.0. The smallest absolute Gasteiger partial charge is 0.251 e. The van der Waals surface area contributed by atoms with E-state index in [1.54, 1.807) is 36.0 Å². The van der Waals surface area contributed by atoms with Crippen LogP contribution in [0.25, 0.3) is 22.4 Å². The maximum absolute atomic E-state index is 13.5. The van der Waals surface area contributed by atoms with Crippen LogP contribution in [-0.2, 0) is 6.42 Å². The number of rotatable bonds is 7. The van der Waals surface area contributed by atoms with Crippen molar-refractivity contribution in [1.29, 1.82) is 0 Å². The van der Waals surface area contributed by atoms with Gasteiger partial charge in [0.25, 0.3) is 5.91 Å². The molecule has 0 bridgehead atoms. The Hall–Kier alpha value is -3.91. The van der Waals surface area contributed by atoms with Gasteiger partial charge in [-0.15, -0.1) is 11.3 Å². The molecule has 0 aliphatic heterocycles. The summed E-state index contributed by atoms with van der Waals surface area (Å²) in [4.78, 5) is 23.1. The zero-order valence-corrected chi connectivity index (χ0v) is 22.1. The van der Waals surface area contributed by atoms with E-state index in [-0.39, 0.29) is 17.7 Å². The number of carbonyl (C=O) groups is 1. The monoisotopic (exact) mass is 526 g/mol. The normalized spacial score (nSPS) is 15.1. The zero-order chi connectivity index (χ0) is 26.1. The Kier molecular flexibility index (Phi) is 6.72. The number of benzene rings is 2. The van der Waals surface area contributed by atoms with Crippen molar-refractivity contribution in [3.8, 4) is 17.1 Å². The summed E-state index contributed by atoms with van der Waals surface area (Å²) in [6, 6.07) is 14.9. The van der Waals surface area contributed by atoms with Crippen molar-refractivity contribution in [1.82, 2.24) is 19.9 Å². The van der Waals surface area contributed by atoms with Gasteiger partial charge in [0.15, 0.2) is 0 Å². The number of fused-ring (bicyclic) bond motifs is 1. The van der Waals surface area contributed by atoms with Crippen LogP contribution in [0.2, 0.25) is 0 Å². The molecule has 1 amide bonds. The number of thiazole rings is 1. The minimum atomic E-state index is -0.297. The Balaban J connectivity index is 1.32. The lowest BCUT2D eigenvalue weighted by Crippen LogP contribution is -2.30. The molecule has 194 valence electrons. The first kappa shape index (κ1) is 24.4. The molecule has 0 radical (unpaired) electrons. The van der Waals surface area contributed by atoms with Crippen molar-refractivity contribution in [3.05, 3.63) is 88.3 Å². The van der Waals surface area contributed by atoms with E-state index in [9.17, 15) is 9.90 Å². The quantitative estimate of drug-likeness (QED) is 0.238. The third-order valence-electron chi connectivity index (χ3n) is 7.35. The third kappa shape index (κ3) is 4.96. The van der Waals surface area contributed by atoms with Gasteiger partial charge < -0.3 is 19.4 Å². The van der Waals surface area contributed by atoms with Crippen LogP contribution in [0, 0.1) is 6.92 Å². The van der Waals surface area contributed by atoms with Crippen molar-refractivity contribution in [2.24, 2.45) is 0 Å². The van der Waals surface area contributed by atoms with Crippen molar-refractivity contribution in [2.75, 3.05) is 0 Å². The van der Waals surface area contributed by atoms with E-state index in [4.69, 9.17) is 9.40 Å². The average molecular weight is 527 g/mol. The standard InChI is InChI=1S/C30H30N4O3S/c1-19-31-27(18-38-19)25(15-20-7-10-24(35)11-8-20)33-30(36)21-9-12-28-26(16-21)32-29(22-13-14-37-17-22)34(28)23-5-3-2-4-6-23/h7-14,16-18,23,25,35H,2-6,15H2,1H3,(H,33,36). The van der Waals surface area contributed by atoms with Gasteiger partial charge in [0.05, 0.1) is 39.6 Å². The van der Waals surface area contributed by atoms with Crippen LogP contribution in [0.1, 0.15) is 70.8 Å². The molecular weight excluding hydrogens is 496 g/mol. The molecule has 7 nitrogen and oxygen atoms in total. The van der Waals surface area contributed by atoms with Gasteiger partial charge in [-0.3, -0.25) is 4.79 Å². The Morgan fingerprint density at radius 1 is 1.13 bits per heavy atom. The molecule has 3 heterocycles. The molecule has 1 atom stereocenters. The van der Waals surface area contributed by atoms with Gasteiger partial charge in [0.2, 0.25) is 0 Å². The van der Waals surface area contributed by atoms with Crippen LogP contribution in [-0.4, -0.2) is 25.5 Å². The summed E-state index contributed by atoms with van der Waals surface area (Å²) in [5, 5.41) is 15.8. The molecule has 2 N–H and O–H groups in total. The fourth-order valence-electron chi connectivity index (χ4n) is 5.42. The Bertz CT molecular complexity index is 1550. The number of hydrogen-bond acceptors (Lipinski definition) is 6. The number of aryl methyl sites for hydroxylation is 1. The fourth-order valence-corrected chi connectivity index (χ4v) is 6.09. The number of nitrogens with one attached hydrogen (secondary N) is 1. The molecule has 6 rings (SSSR count). The van der Waals surface area contributed by atoms with Gasteiger partial charge in [-0.25, -0.2) is 9.97 Å². The SMILES string of the molecule is Cc1nc(C(Cc2ccc(O)cc2)NC(=O)c2ccc3c(c2)nc(-c2ccoc2)n3C2CCCCC2)cs1. The fraction of sp³-hybridized carbons (Fsp3) is 0.300. The number of amides is 1. The van der Waals surface area contributed by atoms with Crippen molar-refractivity contribution >= 4 is 28.3 Å². The molecule has 1 unspecified atom stereocenters. The minimum absolute atomic E-state index is 0.168. The molecule has 38 heavy (non-hydrogen) atoms. The van der Waals surface area contributed by atoms with Crippen LogP contribution in [0.4, 0.5) is 0 Å². The number of phenols is 1. The number of aromatic hydroxyl groups is 1. The van der Waals surface area contributed by atoms with E-state index >= 15 is 0 Å². The lowest BCUT2D eigenvalue weighted by Gasteiger charge is -2.25. The number of phenolic OH excluding ortho intramolecular Hbond substituents is 1. The number of nitrogens with zero attached hydrogens (tertiary/aromatic N) is 3. The number of aromatic nitrogens is 3.